The van der Waals surface area contributed by atoms with Gasteiger partial charge in [0.1, 0.15) is 0 Å². The number of esters is 1. The van der Waals surface area contributed by atoms with E-state index < -0.39 is 0 Å². The molecule has 1 atom stereocenters. The van der Waals surface area contributed by atoms with Crippen LogP contribution in [0.1, 0.15) is 46.5 Å². The van der Waals surface area contributed by atoms with E-state index in [1.165, 1.54) is 6.42 Å². The first-order valence-electron chi connectivity index (χ1n) is 8.83. The fourth-order valence-corrected chi connectivity index (χ4v) is 4.67. The molecule has 0 spiro atoms. The number of carbonyl (C=O) groups excluding carboxylic acids is 2. The van der Waals surface area contributed by atoms with Crippen molar-refractivity contribution < 1.29 is 14.3 Å². The van der Waals surface area contributed by atoms with Crippen molar-refractivity contribution in [3.63, 3.8) is 0 Å². The van der Waals surface area contributed by atoms with Gasteiger partial charge in [-0.05, 0) is 38.5 Å². The Balaban J connectivity index is 1.68. The van der Waals surface area contributed by atoms with E-state index in [9.17, 15) is 9.59 Å². The molecule has 0 radical (unpaired) electrons. The van der Waals surface area contributed by atoms with E-state index in [1.54, 1.807) is 11.8 Å². The Labute approximate surface area is 148 Å². The summed E-state index contributed by atoms with van der Waals surface area (Å²) in [6.07, 6.45) is 3.75. The zero-order valence-corrected chi connectivity index (χ0v) is 15.5. The molecule has 0 aromatic rings. The lowest BCUT2D eigenvalue weighted by Gasteiger charge is -2.28. The Bertz CT molecular complexity index is 591. The molecule has 3 rings (SSSR count). The zero-order chi connectivity index (χ0) is 17.3. The first-order chi connectivity index (χ1) is 11.5. The summed E-state index contributed by atoms with van der Waals surface area (Å²) in [4.78, 5) is 29.0. The molecule has 1 unspecified atom stereocenters. The zero-order valence-electron chi connectivity index (χ0n) is 14.7. The molecular weight excluding hydrogens is 324 g/mol. The van der Waals surface area contributed by atoms with Gasteiger partial charge < -0.3 is 14.5 Å². The number of hydrogen-bond donors (Lipinski definition) is 0. The van der Waals surface area contributed by atoms with Gasteiger partial charge in [-0.2, -0.15) is 0 Å². The van der Waals surface area contributed by atoms with E-state index in [4.69, 9.17) is 4.74 Å². The van der Waals surface area contributed by atoms with Crippen molar-refractivity contribution in [3.8, 4) is 0 Å². The van der Waals surface area contributed by atoms with Gasteiger partial charge in [0.25, 0.3) is 0 Å². The van der Waals surface area contributed by atoms with Crippen molar-refractivity contribution in [2.45, 2.75) is 52.6 Å². The van der Waals surface area contributed by atoms with Gasteiger partial charge >= 0.3 is 5.97 Å². The van der Waals surface area contributed by atoms with E-state index in [2.05, 4.69) is 4.90 Å². The molecule has 3 aliphatic rings. The third-order valence-corrected chi connectivity index (χ3v) is 5.74. The van der Waals surface area contributed by atoms with Crippen LogP contribution in [0.25, 0.3) is 0 Å². The Kier molecular flexibility index (Phi) is 5.23. The summed E-state index contributed by atoms with van der Waals surface area (Å²) >= 11 is 1.55. The van der Waals surface area contributed by atoms with E-state index in [1.807, 2.05) is 31.1 Å². The molecule has 0 saturated carbocycles. The van der Waals surface area contributed by atoms with E-state index in [0.29, 0.717) is 6.42 Å². The Morgan fingerprint density at radius 2 is 2.00 bits per heavy atom. The molecule has 1 fully saturated rings. The van der Waals surface area contributed by atoms with Crippen molar-refractivity contribution in [1.29, 1.82) is 0 Å². The number of piperidine rings is 1. The number of amides is 1. The molecule has 24 heavy (non-hydrogen) atoms. The highest BCUT2D eigenvalue weighted by atomic mass is 32.2. The monoisotopic (exact) mass is 350 g/mol. The SMILES string of the molecule is CC(C)OC(=O)C1=C2SC=C(CC(=O)N3CCCCC3)N2CC1C. The first-order valence-corrected chi connectivity index (χ1v) is 9.71. The van der Waals surface area contributed by atoms with Gasteiger partial charge in [-0.25, -0.2) is 4.79 Å². The summed E-state index contributed by atoms with van der Waals surface area (Å²) < 4.78 is 5.39. The fourth-order valence-electron chi connectivity index (χ4n) is 3.48. The summed E-state index contributed by atoms with van der Waals surface area (Å²) in [5.41, 5.74) is 1.77. The number of rotatable bonds is 4. The predicted molar refractivity (Wildman–Crippen MR) is 94.8 cm³/mol. The van der Waals surface area contributed by atoms with Gasteiger partial charge in [-0.15, -0.1) is 0 Å². The highest BCUT2D eigenvalue weighted by molar-refractivity contribution is 8.06. The third-order valence-electron chi connectivity index (χ3n) is 4.68. The molecule has 3 aliphatic heterocycles. The van der Waals surface area contributed by atoms with Crippen LogP contribution >= 0.6 is 11.8 Å². The largest absolute Gasteiger partial charge is 0.460 e. The number of hydrogen-bond acceptors (Lipinski definition) is 5. The standard InChI is InChI=1S/C18H26N2O3S/c1-12(2)23-18(22)16-13(3)10-20-14(11-24-17(16)20)9-15(21)19-7-5-4-6-8-19/h11-13H,4-10H2,1-3H3. The van der Waals surface area contributed by atoms with Crippen molar-refractivity contribution in [2.24, 2.45) is 5.92 Å². The quantitative estimate of drug-likeness (QED) is 0.729. The lowest BCUT2D eigenvalue weighted by atomic mass is 10.1. The van der Waals surface area contributed by atoms with Gasteiger partial charge in [0.05, 0.1) is 23.1 Å². The maximum atomic E-state index is 12.5. The second kappa shape index (κ2) is 7.21. The van der Waals surface area contributed by atoms with E-state index in [-0.39, 0.29) is 23.9 Å². The fraction of sp³-hybridized carbons (Fsp3) is 0.667. The molecule has 1 saturated heterocycles. The molecule has 0 N–H and O–H groups in total. The van der Waals surface area contributed by atoms with Crippen molar-refractivity contribution in [1.82, 2.24) is 9.80 Å². The third kappa shape index (κ3) is 3.48. The van der Waals surface area contributed by atoms with Crippen molar-refractivity contribution >= 4 is 23.6 Å². The number of ether oxygens (including phenoxy) is 1. The van der Waals surface area contributed by atoms with Gasteiger partial charge in [0.2, 0.25) is 5.91 Å². The van der Waals surface area contributed by atoms with Crippen LogP contribution in [0, 0.1) is 5.92 Å². The maximum absolute atomic E-state index is 12.5. The Morgan fingerprint density at radius 1 is 1.29 bits per heavy atom. The van der Waals surface area contributed by atoms with Crippen LogP contribution in [0.2, 0.25) is 0 Å². The smallest absolute Gasteiger partial charge is 0.337 e. The second-order valence-corrected chi connectivity index (χ2v) is 7.89. The number of thioether (sulfide) groups is 1. The first kappa shape index (κ1) is 17.4. The average molecular weight is 350 g/mol. The minimum absolute atomic E-state index is 0.119. The van der Waals surface area contributed by atoms with Crippen LogP contribution < -0.4 is 0 Å². The van der Waals surface area contributed by atoms with Crippen LogP contribution in [0.5, 0.6) is 0 Å². The van der Waals surface area contributed by atoms with Crippen LogP contribution in [0.4, 0.5) is 0 Å². The summed E-state index contributed by atoms with van der Waals surface area (Å²) in [6, 6.07) is 0. The van der Waals surface area contributed by atoms with Crippen molar-refractivity contribution in [3.05, 3.63) is 21.7 Å². The molecule has 0 bridgehead atoms. The minimum Gasteiger partial charge on any atom is -0.460 e. The molecule has 6 heteroatoms. The van der Waals surface area contributed by atoms with E-state index in [0.717, 1.165) is 48.8 Å². The molecule has 132 valence electrons. The summed E-state index contributed by atoms with van der Waals surface area (Å²) in [5.74, 6) is 0.112. The maximum Gasteiger partial charge on any atom is 0.337 e. The number of fused-ring (bicyclic) bond motifs is 1. The lowest BCUT2D eigenvalue weighted by molar-refractivity contribution is -0.143. The average Bonchev–Trinajstić information content (AvgIpc) is 3.06. The normalized spacial score (nSPS) is 23.7. The van der Waals surface area contributed by atoms with Crippen LogP contribution in [0.15, 0.2) is 21.7 Å². The highest BCUT2D eigenvalue weighted by Crippen LogP contribution is 2.45. The summed E-state index contributed by atoms with van der Waals surface area (Å²) in [5, 5.41) is 2.97. The van der Waals surface area contributed by atoms with Gasteiger partial charge in [-0.1, -0.05) is 18.7 Å². The number of likely N-dealkylation sites (tertiary alicyclic amines) is 1. The second-order valence-electron chi connectivity index (χ2n) is 7.03. The number of nitrogens with zero attached hydrogens (tertiary/aromatic N) is 2. The highest BCUT2D eigenvalue weighted by Gasteiger charge is 2.39. The van der Waals surface area contributed by atoms with Gasteiger partial charge in [0.15, 0.2) is 0 Å². The van der Waals surface area contributed by atoms with E-state index >= 15 is 0 Å². The molecular formula is C18H26N2O3S. The number of carbonyl (C=O) groups is 2. The minimum atomic E-state index is -0.223. The van der Waals surface area contributed by atoms with Crippen LogP contribution in [-0.4, -0.2) is 47.4 Å². The molecule has 3 heterocycles. The molecule has 0 aliphatic carbocycles. The summed E-state index contributed by atoms with van der Waals surface area (Å²) in [6.45, 7) is 8.29. The summed E-state index contributed by atoms with van der Waals surface area (Å²) in [7, 11) is 0. The predicted octanol–water partition coefficient (Wildman–Crippen LogP) is 3.09. The van der Waals surface area contributed by atoms with Gasteiger partial charge in [-0.3, -0.25) is 4.79 Å². The van der Waals surface area contributed by atoms with Crippen molar-refractivity contribution in [2.75, 3.05) is 19.6 Å². The molecule has 0 aromatic carbocycles. The van der Waals surface area contributed by atoms with Crippen LogP contribution in [0.3, 0.4) is 0 Å². The Hall–Kier alpha value is -1.43. The Morgan fingerprint density at radius 3 is 2.67 bits per heavy atom. The lowest BCUT2D eigenvalue weighted by Crippen LogP contribution is -2.36. The molecule has 1 amide bonds. The van der Waals surface area contributed by atoms with Crippen LogP contribution in [-0.2, 0) is 14.3 Å². The molecule has 0 aromatic heterocycles. The van der Waals surface area contributed by atoms with Gasteiger partial charge in [0, 0.05) is 31.2 Å². The topological polar surface area (TPSA) is 49.9 Å². The molecule has 5 nitrogen and oxygen atoms in total.